The van der Waals surface area contributed by atoms with Crippen molar-refractivity contribution < 1.29 is 28.6 Å². The number of carbonyl (C=O) groups excluding carboxylic acids is 3. The topological polar surface area (TPSA) is 110 Å². The summed E-state index contributed by atoms with van der Waals surface area (Å²) in [5.41, 5.74) is 1.58. The SMILES string of the molecule is CCC(C)(C)OCC(C)(C)COc1ccc(C(=O)Nc2ncc(Sc3cc(C(=O)N4CCN(C(C)=O)CC4)c(OC)cc3C)s2)cc1. The number of piperazine rings is 1. The Balaban J connectivity index is 1.35. The minimum Gasteiger partial charge on any atom is -0.496 e. The Morgan fingerprint density at radius 3 is 2.28 bits per heavy atom. The van der Waals surface area contributed by atoms with Crippen LogP contribution in [0.1, 0.15) is 74.2 Å². The van der Waals surface area contributed by atoms with Gasteiger partial charge in [0, 0.05) is 49.0 Å². The summed E-state index contributed by atoms with van der Waals surface area (Å²) in [6, 6.07) is 10.8. The molecule has 0 bridgehead atoms. The van der Waals surface area contributed by atoms with Crippen LogP contribution in [-0.2, 0) is 9.53 Å². The molecule has 2 aromatic carbocycles. The Hall–Kier alpha value is -3.61. The van der Waals surface area contributed by atoms with Crippen molar-refractivity contribution in [2.24, 2.45) is 5.41 Å². The molecule has 0 atom stereocenters. The van der Waals surface area contributed by atoms with Gasteiger partial charge in [-0.05, 0) is 69.2 Å². The highest BCUT2D eigenvalue weighted by molar-refractivity contribution is 8.01. The number of thiazole rings is 1. The summed E-state index contributed by atoms with van der Waals surface area (Å²) in [5.74, 6) is 0.808. The quantitative estimate of drug-likeness (QED) is 0.210. The summed E-state index contributed by atoms with van der Waals surface area (Å²) >= 11 is 2.83. The number of methoxy groups -OCH3 is 1. The van der Waals surface area contributed by atoms with Gasteiger partial charge in [0.25, 0.3) is 11.8 Å². The van der Waals surface area contributed by atoms with E-state index in [0.717, 1.165) is 21.1 Å². The van der Waals surface area contributed by atoms with Crippen LogP contribution in [0.25, 0.3) is 0 Å². The van der Waals surface area contributed by atoms with E-state index < -0.39 is 0 Å². The van der Waals surface area contributed by atoms with Gasteiger partial charge in [-0.1, -0.05) is 43.9 Å². The number of rotatable bonds is 13. The van der Waals surface area contributed by atoms with Crippen molar-refractivity contribution in [2.45, 2.75) is 69.6 Å². The average molecular weight is 683 g/mol. The monoisotopic (exact) mass is 682 g/mol. The van der Waals surface area contributed by atoms with Gasteiger partial charge in [-0.15, -0.1) is 0 Å². The van der Waals surface area contributed by atoms with Crippen molar-refractivity contribution in [3.8, 4) is 11.5 Å². The molecular formula is C35H46N4O6S2. The molecule has 2 heterocycles. The molecule has 1 N–H and O–H groups in total. The molecule has 47 heavy (non-hydrogen) atoms. The Labute approximate surface area is 286 Å². The number of hydrogen-bond donors (Lipinski definition) is 1. The van der Waals surface area contributed by atoms with E-state index in [1.54, 1.807) is 54.3 Å². The Bertz CT molecular complexity index is 1560. The molecule has 3 aromatic rings. The molecule has 3 amide bonds. The molecule has 0 saturated carbocycles. The van der Waals surface area contributed by atoms with Gasteiger partial charge in [0.1, 0.15) is 11.5 Å². The van der Waals surface area contributed by atoms with Gasteiger partial charge in [0.15, 0.2) is 5.13 Å². The van der Waals surface area contributed by atoms with Gasteiger partial charge >= 0.3 is 0 Å². The summed E-state index contributed by atoms with van der Waals surface area (Å²) < 4.78 is 18.5. The largest absolute Gasteiger partial charge is 0.496 e. The van der Waals surface area contributed by atoms with Gasteiger partial charge in [-0.25, -0.2) is 4.98 Å². The number of hydrogen-bond acceptors (Lipinski definition) is 9. The fraction of sp³-hybridized carbons (Fsp3) is 0.486. The molecule has 254 valence electrons. The van der Waals surface area contributed by atoms with E-state index in [0.29, 0.717) is 67.2 Å². The van der Waals surface area contributed by atoms with E-state index in [4.69, 9.17) is 14.2 Å². The molecule has 0 unspecified atom stereocenters. The highest BCUT2D eigenvalue weighted by atomic mass is 32.2. The molecule has 4 rings (SSSR count). The van der Waals surface area contributed by atoms with Crippen LogP contribution in [0, 0.1) is 12.3 Å². The summed E-state index contributed by atoms with van der Waals surface area (Å²) in [7, 11) is 1.55. The van der Waals surface area contributed by atoms with E-state index in [9.17, 15) is 14.4 Å². The van der Waals surface area contributed by atoms with E-state index in [1.807, 2.05) is 19.1 Å². The molecular weight excluding hydrogens is 637 g/mol. The first kappa shape index (κ1) is 36.2. The predicted octanol–water partition coefficient (Wildman–Crippen LogP) is 6.78. The van der Waals surface area contributed by atoms with Crippen LogP contribution in [0.2, 0.25) is 0 Å². The van der Waals surface area contributed by atoms with Gasteiger partial charge in [-0.2, -0.15) is 0 Å². The maximum atomic E-state index is 13.5. The van der Waals surface area contributed by atoms with Crippen LogP contribution in [-0.4, -0.2) is 84.6 Å². The van der Waals surface area contributed by atoms with Crippen molar-refractivity contribution >= 4 is 46.0 Å². The van der Waals surface area contributed by atoms with Crippen LogP contribution < -0.4 is 14.8 Å². The van der Waals surface area contributed by atoms with Gasteiger partial charge in [0.05, 0.1) is 41.9 Å². The van der Waals surface area contributed by atoms with E-state index in [-0.39, 0.29) is 28.7 Å². The Morgan fingerprint density at radius 1 is 1.00 bits per heavy atom. The first-order valence-electron chi connectivity index (χ1n) is 15.8. The maximum Gasteiger partial charge on any atom is 0.257 e. The minimum absolute atomic E-state index is 0.0138. The number of nitrogens with zero attached hydrogens (tertiary/aromatic N) is 3. The lowest BCUT2D eigenvalue weighted by atomic mass is 9.95. The van der Waals surface area contributed by atoms with Crippen LogP contribution in [0.3, 0.4) is 0 Å². The van der Waals surface area contributed by atoms with Gasteiger partial charge in [-0.3, -0.25) is 19.7 Å². The normalized spacial score (nSPS) is 13.8. The summed E-state index contributed by atoms with van der Waals surface area (Å²) in [6.45, 7) is 17.0. The molecule has 0 aliphatic carbocycles. The Morgan fingerprint density at radius 2 is 1.66 bits per heavy atom. The van der Waals surface area contributed by atoms with Gasteiger partial charge in [0.2, 0.25) is 5.91 Å². The molecule has 12 heteroatoms. The lowest BCUT2D eigenvalue weighted by Crippen LogP contribution is -2.50. The standard InChI is InChI=1S/C35H46N4O6S2/c1-9-35(6,7)45-22-34(4,5)21-44-26-12-10-25(11-13-26)31(41)37-33-36-20-30(47-33)46-29-19-27(28(43-8)18-23(29)2)32(42)39-16-14-38(15-17-39)24(3)40/h10-13,18-20H,9,14-17,21-22H2,1-8H3,(H,36,37,41). The van der Waals surface area contributed by atoms with Crippen LogP contribution in [0.15, 0.2) is 51.7 Å². The molecule has 0 radical (unpaired) electrons. The maximum absolute atomic E-state index is 13.5. The van der Waals surface area contributed by atoms with Gasteiger partial charge < -0.3 is 24.0 Å². The van der Waals surface area contributed by atoms with Crippen molar-refractivity contribution in [3.63, 3.8) is 0 Å². The third kappa shape index (κ3) is 9.94. The summed E-state index contributed by atoms with van der Waals surface area (Å²) in [5, 5.41) is 3.36. The highest BCUT2D eigenvalue weighted by Gasteiger charge is 2.27. The summed E-state index contributed by atoms with van der Waals surface area (Å²) in [4.78, 5) is 46.9. The van der Waals surface area contributed by atoms with Crippen LogP contribution in [0.5, 0.6) is 11.5 Å². The predicted molar refractivity (Wildman–Crippen MR) is 186 cm³/mol. The second-order valence-corrected chi connectivity index (χ2v) is 15.4. The lowest BCUT2D eigenvalue weighted by Gasteiger charge is -2.34. The second kappa shape index (κ2) is 15.5. The molecule has 0 spiro atoms. The number of aromatic nitrogens is 1. The number of ether oxygens (including phenoxy) is 3. The number of nitrogens with one attached hydrogen (secondary N) is 1. The first-order valence-corrected chi connectivity index (χ1v) is 17.4. The minimum atomic E-state index is -0.267. The van der Waals surface area contributed by atoms with Crippen molar-refractivity contribution in [1.82, 2.24) is 14.8 Å². The third-order valence-electron chi connectivity index (χ3n) is 8.11. The molecule has 1 saturated heterocycles. The fourth-order valence-corrected chi connectivity index (χ4v) is 6.60. The number of benzene rings is 2. The third-order valence-corrected chi connectivity index (χ3v) is 10.3. The number of aryl methyl sites for hydroxylation is 1. The zero-order valence-corrected chi connectivity index (χ0v) is 30.2. The lowest BCUT2D eigenvalue weighted by molar-refractivity contribution is -0.130. The second-order valence-electron chi connectivity index (χ2n) is 13.0. The Kier molecular flexibility index (Phi) is 12.0. The van der Waals surface area contributed by atoms with Crippen LogP contribution in [0.4, 0.5) is 5.13 Å². The summed E-state index contributed by atoms with van der Waals surface area (Å²) in [6.07, 6.45) is 2.64. The van der Waals surface area contributed by atoms with E-state index in [2.05, 4.69) is 44.9 Å². The highest BCUT2D eigenvalue weighted by Crippen LogP contribution is 2.38. The molecule has 1 aliphatic rings. The van der Waals surface area contributed by atoms with Crippen molar-refractivity contribution in [3.05, 3.63) is 59.3 Å². The van der Waals surface area contributed by atoms with Crippen molar-refractivity contribution in [2.75, 3.05) is 51.8 Å². The van der Waals surface area contributed by atoms with Crippen LogP contribution >= 0.6 is 23.1 Å². The zero-order chi connectivity index (χ0) is 34.4. The van der Waals surface area contributed by atoms with E-state index >= 15 is 0 Å². The first-order chi connectivity index (χ1) is 22.2. The zero-order valence-electron chi connectivity index (χ0n) is 28.6. The van der Waals surface area contributed by atoms with E-state index in [1.165, 1.54) is 23.1 Å². The van der Waals surface area contributed by atoms with Crippen molar-refractivity contribution in [1.29, 1.82) is 0 Å². The fourth-order valence-electron chi connectivity index (χ4n) is 4.66. The number of amides is 3. The molecule has 1 fully saturated rings. The molecule has 1 aliphatic heterocycles. The average Bonchev–Trinajstić information content (AvgIpc) is 3.50. The number of anilines is 1. The molecule has 10 nitrogen and oxygen atoms in total. The smallest absolute Gasteiger partial charge is 0.257 e. The number of carbonyl (C=O) groups is 3. The molecule has 1 aromatic heterocycles.